The third kappa shape index (κ3) is 8.03. The number of hydrogen-bond donors (Lipinski definition) is 4. The number of benzene rings is 2. The minimum atomic E-state index is -1.25. The zero-order valence-corrected chi connectivity index (χ0v) is 17.1. The van der Waals surface area contributed by atoms with Crippen LogP contribution in [-0.4, -0.2) is 46.6 Å². The van der Waals surface area contributed by atoms with E-state index in [2.05, 4.69) is 10.6 Å². The quantitative estimate of drug-likeness (QED) is 0.293. The number of nitrogens with one attached hydrogen (secondary N) is 2. The van der Waals surface area contributed by atoms with E-state index in [1.165, 1.54) is 18.2 Å². The van der Waals surface area contributed by atoms with E-state index in [4.69, 9.17) is 10.5 Å². The predicted molar refractivity (Wildman–Crippen MR) is 113 cm³/mol. The van der Waals surface area contributed by atoms with Gasteiger partial charge in [-0.15, -0.1) is 0 Å². The molecule has 0 radical (unpaired) electrons. The van der Waals surface area contributed by atoms with E-state index in [1.54, 1.807) is 30.3 Å². The number of aliphatic hydroxyl groups is 1. The van der Waals surface area contributed by atoms with E-state index in [9.17, 15) is 29.6 Å². The molecule has 0 bridgehead atoms. The van der Waals surface area contributed by atoms with Gasteiger partial charge in [-0.25, -0.2) is 4.79 Å². The topological polar surface area (TPSA) is 174 Å². The average Bonchev–Trinajstić information content (AvgIpc) is 2.76. The fourth-order valence-electron chi connectivity index (χ4n) is 2.82. The summed E-state index contributed by atoms with van der Waals surface area (Å²) in [7, 11) is 0. The van der Waals surface area contributed by atoms with E-state index in [0.717, 1.165) is 5.56 Å². The first-order valence-corrected chi connectivity index (χ1v) is 9.70. The van der Waals surface area contributed by atoms with Gasteiger partial charge in [-0.2, -0.15) is 0 Å². The van der Waals surface area contributed by atoms with Gasteiger partial charge in [0.2, 0.25) is 11.8 Å². The Morgan fingerprint density at radius 3 is 2.41 bits per heavy atom. The van der Waals surface area contributed by atoms with Gasteiger partial charge in [-0.05, 0) is 5.56 Å². The summed E-state index contributed by atoms with van der Waals surface area (Å²) in [6.45, 7) is -0.207. The number of rotatable bonds is 11. The maximum atomic E-state index is 12.2. The normalized spacial score (nSPS) is 12.3. The largest absolute Gasteiger partial charge is 0.445 e. The molecule has 0 aliphatic carbocycles. The smallest absolute Gasteiger partial charge is 0.407 e. The van der Waals surface area contributed by atoms with Crippen molar-refractivity contribution in [3.63, 3.8) is 0 Å². The molecule has 0 unspecified atom stereocenters. The van der Waals surface area contributed by atoms with Gasteiger partial charge in [0, 0.05) is 24.6 Å². The zero-order chi connectivity index (χ0) is 23.5. The van der Waals surface area contributed by atoms with E-state index in [0.29, 0.717) is 0 Å². The molecule has 3 amide bonds. The van der Waals surface area contributed by atoms with Gasteiger partial charge < -0.3 is 26.2 Å². The summed E-state index contributed by atoms with van der Waals surface area (Å²) in [5.74, 6) is -1.59. The highest BCUT2D eigenvalue weighted by Crippen LogP contribution is 2.19. The molecule has 0 aliphatic rings. The molecule has 0 saturated heterocycles. The summed E-state index contributed by atoms with van der Waals surface area (Å²) >= 11 is 0. The minimum Gasteiger partial charge on any atom is -0.445 e. The molecule has 2 aromatic rings. The van der Waals surface area contributed by atoms with Crippen molar-refractivity contribution < 1.29 is 29.2 Å². The zero-order valence-electron chi connectivity index (χ0n) is 17.1. The summed E-state index contributed by atoms with van der Waals surface area (Å²) in [5.41, 5.74) is 6.12. The number of aliphatic hydroxyl groups excluding tert-OH is 1. The molecule has 32 heavy (non-hydrogen) atoms. The Morgan fingerprint density at radius 2 is 1.75 bits per heavy atom. The van der Waals surface area contributed by atoms with Gasteiger partial charge in [0.05, 0.1) is 17.4 Å². The fourth-order valence-corrected chi connectivity index (χ4v) is 2.82. The van der Waals surface area contributed by atoms with Crippen LogP contribution in [0.4, 0.5) is 10.5 Å². The monoisotopic (exact) mass is 444 g/mol. The van der Waals surface area contributed by atoms with Crippen LogP contribution in [0.1, 0.15) is 17.5 Å². The van der Waals surface area contributed by atoms with Crippen molar-refractivity contribution in [1.82, 2.24) is 10.6 Å². The van der Waals surface area contributed by atoms with Gasteiger partial charge in [-0.3, -0.25) is 19.7 Å². The van der Waals surface area contributed by atoms with Gasteiger partial charge in [-0.1, -0.05) is 48.5 Å². The molecule has 2 rings (SSSR count). The molecule has 0 saturated carbocycles. The molecule has 5 N–H and O–H groups in total. The van der Waals surface area contributed by atoms with E-state index >= 15 is 0 Å². The van der Waals surface area contributed by atoms with E-state index in [-0.39, 0.29) is 30.8 Å². The van der Waals surface area contributed by atoms with E-state index < -0.39 is 41.4 Å². The number of nitro benzene ring substituents is 1. The summed E-state index contributed by atoms with van der Waals surface area (Å²) in [6, 6.07) is 13.6. The number of amides is 3. The summed E-state index contributed by atoms with van der Waals surface area (Å²) in [6.07, 6.45) is -2.63. The molecule has 0 aromatic heterocycles. The second-order valence-electron chi connectivity index (χ2n) is 6.91. The Morgan fingerprint density at radius 1 is 1.09 bits per heavy atom. The average molecular weight is 444 g/mol. The standard InChI is InChI=1S/C21H24N4O7/c22-20(28)17(10-15-8-4-5-9-18(15)25(30)31)24-19(27)11-16(26)12-23-21(29)32-13-14-6-2-1-3-7-14/h1-9,16-17,26H,10-13H2,(H2,22,28)(H,23,29)(H,24,27)/t16-,17-/m0/s1. The summed E-state index contributed by atoms with van der Waals surface area (Å²) in [5, 5.41) is 25.8. The van der Waals surface area contributed by atoms with Gasteiger partial charge in [0.15, 0.2) is 0 Å². The number of nitro groups is 1. The van der Waals surface area contributed by atoms with Crippen molar-refractivity contribution in [2.45, 2.75) is 31.6 Å². The number of para-hydroxylation sites is 1. The molecule has 0 aliphatic heterocycles. The Hall–Kier alpha value is -3.99. The van der Waals surface area contributed by atoms with Crippen LogP contribution in [-0.2, 0) is 27.4 Å². The highest BCUT2D eigenvalue weighted by atomic mass is 16.6. The lowest BCUT2D eigenvalue weighted by atomic mass is 10.0. The summed E-state index contributed by atoms with van der Waals surface area (Å²) < 4.78 is 5.00. The number of carbonyl (C=O) groups excluding carboxylic acids is 3. The first-order valence-electron chi connectivity index (χ1n) is 9.70. The van der Waals surface area contributed by atoms with Crippen LogP contribution in [0.2, 0.25) is 0 Å². The Labute approximate surface area is 183 Å². The molecular formula is C21H24N4O7. The summed E-state index contributed by atoms with van der Waals surface area (Å²) in [4.78, 5) is 46.1. The molecular weight excluding hydrogens is 420 g/mol. The fraction of sp³-hybridized carbons (Fsp3) is 0.286. The van der Waals surface area contributed by atoms with Crippen LogP contribution in [0.15, 0.2) is 54.6 Å². The number of nitrogens with two attached hydrogens (primary N) is 1. The lowest BCUT2D eigenvalue weighted by Crippen LogP contribution is -2.47. The molecule has 0 heterocycles. The van der Waals surface area contributed by atoms with Gasteiger partial charge >= 0.3 is 6.09 Å². The van der Waals surface area contributed by atoms with Crippen molar-refractivity contribution in [3.05, 3.63) is 75.8 Å². The van der Waals surface area contributed by atoms with Crippen molar-refractivity contribution in [3.8, 4) is 0 Å². The molecule has 0 spiro atoms. The van der Waals surface area contributed by atoms with Crippen molar-refractivity contribution >= 4 is 23.6 Å². The van der Waals surface area contributed by atoms with Gasteiger partial charge in [0.1, 0.15) is 12.6 Å². The molecule has 2 aromatic carbocycles. The number of ether oxygens (including phenoxy) is 1. The minimum absolute atomic E-state index is 0.0508. The number of primary amides is 1. The number of nitrogens with zero attached hydrogens (tertiary/aromatic N) is 1. The Kier molecular flexibility index (Phi) is 9.11. The third-order valence-corrected chi connectivity index (χ3v) is 4.41. The molecule has 170 valence electrons. The van der Waals surface area contributed by atoms with Crippen LogP contribution in [0.5, 0.6) is 0 Å². The molecule has 2 atom stereocenters. The maximum Gasteiger partial charge on any atom is 0.407 e. The van der Waals surface area contributed by atoms with Crippen molar-refractivity contribution in [2.24, 2.45) is 5.73 Å². The van der Waals surface area contributed by atoms with Crippen molar-refractivity contribution in [2.75, 3.05) is 6.54 Å². The van der Waals surface area contributed by atoms with Crippen LogP contribution in [0, 0.1) is 10.1 Å². The first-order chi connectivity index (χ1) is 15.3. The maximum absolute atomic E-state index is 12.2. The molecule has 11 heteroatoms. The first kappa shape index (κ1) is 24.3. The Bertz CT molecular complexity index is 952. The molecule has 11 nitrogen and oxygen atoms in total. The van der Waals surface area contributed by atoms with E-state index in [1.807, 2.05) is 6.07 Å². The lowest BCUT2D eigenvalue weighted by molar-refractivity contribution is -0.385. The van der Waals surface area contributed by atoms with Crippen LogP contribution in [0.25, 0.3) is 0 Å². The SMILES string of the molecule is NC(=O)[C@H](Cc1ccccc1[N+](=O)[O-])NC(=O)C[C@H](O)CNC(=O)OCc1ccccc1. The van der Waals surface area contributed by atoms with Crippen LogP contribution in [0.3, 0.4) is 0 Å². The second kappa shape index (κ2) is 12.0. The lowest BCUT2D eigenvalue weighted by Gasteiger charge is -2.17. The number of alkyl carbamates (subject to hydrolysis) is 1. The third-order valence-electron chi connectivity index (χ3n) is 4.41. The number of carbonyl (C=O) groups is 3. The molecule has 0 fully saturated rings. The van der Waals surface area contributed by atoms with Crippen LogP contribution < -0.4 is 16.4 Å². The van der Waals surface area contributed by atoms with Crippen LogP contribution >= 0.6 is 0 Å². The number of hydrogen-bond acceptors (Lipinski definition) is 7. The Balaban J connectivity index is 1.80. The van der Waals surface area contributed by atoms with Gasteiger partial charge in [0.25, 0.3) is 5.69 Å². The predicted octanol–water partition coefficient (Wildman–Crippen LogP) is 0.785. The highest BCUT2D eigenvalue weighted by molar-refractivity contribution is 5.87. The highest BCUT2D eigenvalue weighted by Gasteiger charge is 2.24. The second-order valence-corrected chi connectivity index (χ2v) is 6.91. The van der Waals surface area contributed by atoms with Crippen molar-refractivity contribution in [1.29, 1.82) is 0 Å².